The summed E-state index contributed by atoms with van der Waals surface area (Å²) < 4.78 is 0.963. The van der Waals surface area contributed by atoms with Crippen LogP contribution >= 0.6 is 34.4 Å². The minimum Gasteiger partial charge on any atom is -0.355 e. The van der Waals surface area contributed by atoms with Crippen LogP contribution in [0.4, 0.5) is 0 Å². The fraction of sp³-hybridized carbons (Fsp3) is 0.0667. The van der Waals surface area contributed by atoms with Gasteiger partial charge >= 0.3 is 0 Å². The highest BCUT2D eigenvalue weighted by atomic mass is 127. The molecule has 0 aliphatic rings. The van der Waals surface area contributed by atoms with E-state index >= 15 is 0 Å². The number of fused-ring (bicyclic) bond motifs is 1. The Kier molecular flexibility index (Phi) is 4.16. The summed E-state index contributed by atoms with van der Waals surface area (Å²) in [4.78, 5) is 13.9. The average molecular weight is 409 g/mol. The summed E-state index contributed by atoms with van der Waals surface area (Å²) in [5, 5.41) is 11.0. The lowest BCUT2D eigenvalue weighted by Crippen LogP contribution is -2.18. The average Bonchev–Trinajstić information content (AvgIpc) is 2.88. The van der Waals surface area contributed by atoms with E-state index in [9.17, 15) is 4.79 Å². The van der Waals surface area contributed by atoms with Crippen molar-refractivity contribution in [2.24, 2.45) is 0 Å². The molecule has 0 saturated carbocycles. The first-order chi connectivity index (χ1) is 10.2. The van der Waals surface area contributed by atoms with Crippen molar-refractivity contribution in [3.8, 4) is 0 Å². The number of aromatic amines is 1. The molecule has 0 unspecified atom stereocenters. The van der Waals surface area contributed by atoms with Crippen molar-refractivity contribution in [3.63, 3.8) is 0 Å². The van der Waals surface area contributed by atoms with Crippen LogP contribution in [0.15, 0.2) is 52.3 Å². The first-order valence-corrected chi connectivity index (χ1v) is 8.21. The largest absolute Gasteiger partial charge is 0.355 e. The van der Waals surface area contributed by atoms with Crippen LogP contribution in [0.1, 0.15) is 10.4 Å². The van der Waals surface area contributed by atoms with Gasteiger partial charge in [0, 0.05) is 22.2 Å². The number of nitrogens with zero attached hydrogens (tertiary/aromatic N) is 1. The number of rotatable bonds is 3. The molecule has 0 aliphatic carbocycles. The van der Waals surface area contributed by atoms with Crippen LogP contribution in [-0.4, -0.2) is 23.2 Å². The molecule has 3 rings (SSSR count). The van der Waals surface area contributed by atoms with Gasteiger partial charge in [-0.25, -0.2) is 0 Å². The van der Waals surface area contributed by atoms with Gasteiger partial charge in [0.05, 0.1) is 11.1 Å². The van der Waals surface area contributed by atoms with E-state index in [1.165, 1.54) is 0 Å². The summed E-state index contributed by atoms with van der Waals surface area (Å²) in [6.07, 6.45) is 0. The van der Waals surface area contributed by atoms with E-state index in [1.54, 1.807) is 18.8 Å². The minimum atomic E-state index is -0.0738. The number of carbonyl (C=O) groups excluding carboxylic acids is 1. The Morgan fingerprint density at radius 2 is 2.10 bits per heavy atom. The Morgan fingerprint density at radius 1 is 1.29 bits per heavy atom. The van der Waals surface area contributed by atoms with E-state index in [0.717, 1.165) is 24.4 Å². The van der Waals surface area contributed by atoms with Crippen molar-refractivity contribution in [3.05, 3.63) is 51.7 Å². The Hall–Kier alpha value is -1.54. The molecule has 1 heterocycles. The van der Waals surface area contributed by atoms with Crippen molar-refractivity contribution in [2.75, 3.05) is 7.05 Å². The van der Waals surface area contributed by atoms with Crippen LogP contribution in [0, 0.1) is 3.70 Å². The second kappa shape index (κ2) is 6.07. The van der Waals surface area contributed by atoms with Gasteiger partial charge in [0.1, 0.15) is 3.70 Å². The topological polar surface area (TPSA) is 57.8 Å². The summed E-state index contributed by atoms with van der Waals surface area (Å²) in [5.41, 5.74) is 1.69. The molecule has 0 aliphatic heterocycles. The van der Waals surface area contributed by atoms with Gasteiger partial charge in [0.15, 0.2) is 0 Å². The number of aromatic nitrogens is 2. The predicted molar refractivity (Wildman–Crippen MR) is 92.8 cm³/mol. The smallest absolute Gasteiger partial charge is 0.252 e. The lowest BCUT2D eigenvalue weighted by atomic mass is 10.2. The normalized spacial score (nSPS) is 10.8. The fourth-order valence-corrected chi connectivity index (χ4v) is 3.61. The van der Waals surface area contributed by atoms with Crippen molar-refractivity contribution < 1.29 is 4.79 Å². The van der Waals surface area contributed by atoms with Crippen molar-refractivity contribution in [2.45, 2.75) is 9.79 Å². The van der Waals surface area contributed by atoms with E-state index in [0.29, 0.717) is 5.56 Å². The summed E-state index contributed by atoms with van der Waals surface area (Å²) in [7, 11) is 1.64. The molecule has 1 aromatic heterocycles. The van der Waals surface area contributed by atoms with Crippen LogP contribution in [0.5, 0.6) is 0 Å². The molecule has 0 atom stereocenters. The monoisotopic (exact) mass is 409 g/mol. The third-order valence-electron chi connectivity index (χ3n) is 3.07. The molecule has 4 nitrogen and oxygen atoms in total. The van der Waals surface area contributed by atoms with Gasteiger partial charge in [-0.15, -0.1) is 0 Å². The number of hydrogen-bond donors (Lipinski definition) is 2. The molecule has 2 aromatic carbocycles. The summed E-state index contributed by atoms with van der Waals surface area (Å²) in [6.45, 7) is 0. The molecular formula is C15H12IN3OS. The molecule has 2 N–H and O–H groups in total. The Bertz CT molecular complexity index is 816. The molecule has 106 valence electrons. The zero-order valence-electron chi connectivity index (χ0n) is 11.2. The first kappa shape index (κ1) is 14.4. The standard InChI is InChI=1S/C15H12IN3OS/c1-17-15(20)11-4-2-3-5-13(11)21-9-6-7-10-12(8-9)18-19-14(10)16/h2-8H,1H3,(H,17,20)(H,18,19). The van der Waals surface area contributed by atoms with E-state index < -0.39 is 0 Å². The second-order valence-electron chi connectivity index (χ2n) is 4.40. The van der Waals surface area contributed by atoms with E-state index in [2.05, 4.69) is 44.2 Å². The molecule has 0 saturated heterocycles. The van der Waals surface area contributed by atoms with Gasteiger partial charge in [-0.05, 0) is 52.9 Å². The third kappa shape index (κ3) is 2.91. The van der Waals surface area contributed by atoms with Gasteiger partial charge in [-0.1, -0.05) is 23.9 Å². The zero-order chi connectivity index (χ0) is 14.8. The SMILES string of the molecule is CNC(=O)c1ccccc1Sc1ccc2c(I)n[nH]c2c1. The van der Waals surface area contributed by atoms with E-state index in [-0.39, 0.29) is 5.91 Å². The number of halogens is 1. The van der Waals surface area contributed by atoms with Crippen molar-refractivity contribution >= 4 is 51.2 Å². The molecule has 0 radical (unpaired) electrons. The minimum absolute atomic E-state index is 0.0738. The molecule has 3 aromatic rings. The molecule has 0 fully saturated rings. The number of amides is 1. The maximum atomic E-state index is 11.9. The Labute approximate surface area is 139 Å². The second-order valence-corrected chi connectivity index (χ2v) is 6.54. The van der Waals surface area contributed by atoms with Crippen LogP contribution in [0.2, 0.25) is 0 Å². The van der Waals surface area contributed by atoms with Gasteiger partial charge in [0.25, 0.3) is 5.91 Å². The van der Waals surface area contributed by atoms with Gasteiger partial charge in [-0.3, -0.25) is 9.89 Å². The Morgan fingerprint density at radius 3 is 2.90 bits per heavy atom. The van der Waals surface area contributed by atoms with Crippen LogP contribution in [0.25, 0.3) is 10.9 Å². The van der Waals surface area contributed by atoms with Crippen molar-refractivity contribution in [1.29, 1.82) is 0 Å². The van der Waals surface area contributed by atoms with E-state index in [1.807, 2.05) is 36.4 Å². The fourth-order valence-electron chi connectivity index (χ4n) is 2.03. The highest BCUT2D eigenvalue weighted by molar-refractivity contribution is 14.1. The zero-order valence-corrected chi connectivity index (χ0v) is 14.2. The van der Waals surface area contributed by atoms with Gasteiger partial charge in [-0.2, -0.15) is 5.10 Å². The van der Waals surface area contributed by atoms with Crippen LogP contribution in [0.3, 0.4) is 0 Å². The van der Waals surface area contributed by atoms with Crippen molar-refractivity contribution in [1.82, 2.24) is 15.5 Å². The quantitative estimate of drug-likeness (QED) is 0.649. The molecule has 6 heteroatoms. The predicted octanol–water partition coefficient (Wildman–Crippen LogP) is 3.68. The number of nitrogens with one attached hydrogen (secondary N) is 2. The Balaban J connectivity index is 1.97. The number of benzene rings is 2. The number of H-pyrrole nitrogens is 1. The number of hydrogen-bond acceptors (Lipinski definition) is 3. The summed E-state index contributed by atoms with van der Waals surface area (Å²) in [6, 6.07) is 13.7. The maximum absolute atomic E-state index is 11.9. The first-order valence-electron chi connectivity index (χ1n) is 6.31. The molecular weight excluding hydrogens is 397 g/mol. The lowest BCUT2D eigenvalue weighted by molar-refractivity contribution is 0.0960. The van der Waals surface area contributed by atoms with Crippen LogP contribution < -0.4 is 5.32 Å². The molecule has 1 amide bonds. The van der Waals surface area contributed by atoms with Gasteiger partial charge < -0.3 is 5.32 Å². The maximum Gasteiger partial charge on any atom is 0.252 e. The summed E-state index contributed by atoms with van der Waals surface area (Å²) >= 11 is 3.78. The third-order valence-corrected chi connectivity index (χ3v) is 4.96. The van der Waals surface area contributed by atoms with Crippen LogP contribution in [-0.2, 0) is 0 Å². The van der Waals surface area contributed by atoms with Gasteiger partial charge in [0.2, 0.25) is 0 Å². The number of carbonyl (C=O) groups is 1. The lowest BCUT2D eigenvalue weighted by Gasteiger charge is -2.07. The van der Waals surface area contributed by atoms with E-state index in [4.69, 9.17) is 0 Å². The highest BCUT2D eigenvalue weighted by Gasteiger charge is 2.11. The molecule has 0 spiro atoms. The molecule has 0 bridgehead atoms. The summed E-state index contributed by atoms with van der Waals surface area (Å²) in [5.74, 6) is -0.0738. The molecule has 21 heavy (non-hydrogen) atoms. The highest BCUT2D eigenvalue weighted by Crippen LogP contribution is 2.32.